The van der Waals surface area contributed by atoms with Crippen LogP contribution >= 0.6 is 0 Å². The number of hydrogen-bond donors (Lipinski definition) is 0. The Morgan fingerprint density at radius 2 is 2.00 bits per heavy atom. The minimum absolute atomic E-state index is 0.0879. The number of sulfone groups is 1. The van der Waals surface area contributed by atoms with Gasteiger partial charge in [-0.15, -0.1) is 0 Å². The van der Waals surface area contributed by atoms with Crippen molar-refractivity contribution in [1.29, 1.82) is 0 Å². The normalized spacial score (nSPS) is 15.4. The number of nitrogens with zero attached hydrogens (tertiary/aromatic N) is 5. The molecule has 0 aliphatic carbocycles. The van der Waals surface area contributed by atoms with Gasteiger partial charge < -0.3 is 4.57 Å². The number of hydrogen-bond acceptors (Lipinski definition) is 6. The third-order valence-corrected chi connectivity index (χ3v) is 5.43. The van der Waals surface area contributed by atoms with Crippen LogP contribution in [0, 0.1) is 0 Å². The van der Waals surface area contributed by atoms with E-state index in [-0.39, 0.29) is 5.16 Å². The van der Waals surface area contributed by atoms with Gasteiger partial charge in [0, 0.05) is 44.6 Å². The Balaban J connectivity index is 1.57. The number of aryl methyl sites for hydroxylation is 1. The Bertz CT molecular complexity index is 1060. The minimum Gasteiger partial charge on any atom is -0.330 e. The smallest absolute Gasteiger partial charge is 0.246 e. The predicted octanol–water partition coefficient (Wildman–Crippen LogP) is 1.33. The first-order valence-electron chi connectivity index (χ1n) is 8.09. The van der Waals surface area contributed by atoms with Crippen molar-refractivity contribution in [2.24, 2.45) is 7.05 Å². The fraction of sp³-hybridized carbons (Fsp3) is 0.353. The van der Waals surface area contributed by atoms with E-state index in [1.165, 1.54) is 0 Å². The van der Waals surface area contributed by atoms with Crippen LogP contribution in [0.25, 0.3) is 11.0 Å². The van der Waals surface area contributed by atoms with Crippen LogP contribution in [0.1, 0.15) is 17.1 Å². The van der Waals surface area contributed by atoms with Gasteiger partial charge in [0.15, 0.2) is 0 Å². The zero-order valence-corrected chi connectivity index (χ0v) is 15.0. The molecule has 25 heavy (non-hydrogen) atoms. The van der Waals surface area contributed by atoms with E-state index >= 15 is 0 Å². The number of aromatic nitrogens is 4. The Morgan fingerprint density at radius 3 is 2.76 bits per heavy atom. The molecule has 130 valence electrons. The van der Waals surface area contributed by atoms with Crippen LogP contribution in [-0.4, -0.2) is 45.6 Å². The fourth-order valence-corrected chi connectivity index (χ4v) is 3.73. The first-order valence-corrected chi connectivity index (χ1v) is 9.98. The van der Waals surface area contributed by atoms with Crippen molar-refractivity contribution in [1.82, 2.24) is 24.4 Å². The van der Waals surface area contributed by atoms with Gasteiger partial charge in [-0.1, -0.05) is 12.1 Å². The highest BCUT2D eigenvalue weighted by Crippen LogP contribution is 2.21. The van der Waals surface area contributed by atoms with Crippen LogP contribution in [0.4, 0.5) is 0 Å². The van der Waals surface area contributed by atoms with Gasteiger partial charge in [-0.25, -0.2) is 23.4 Å². The second-order valence-electron chi connectivity index (χ2n) is 6.43. The topological polar surface area (TPSA) is 81.0 Å². The molecule has 3 aromatic rings. The maximum Gasteiger partial charge on any atom is 0.246 e. The molecule has 0 unspecified atom stereocenters. The number of para-hydroxylation sites is 2. The molecule has 2 aromatic heterocycles. The first-order chi connectivity index (χ1) is 11.9. The molecular formula is C17H19N5O2S. The van der Waals surface area contributed by atoms with Crippen LogP contribution in [0.3, 0.4) is 0 Å². The predicted molar refractivity (Wildman–Crippen MR) is 93.7 cm³/mol. The summed E-state index contributed by atoms with van der Waals surface area (Å²) in [6.07, 6.45) is 3.49. The van der Waals surface area contributed by atoms with Crippen molar-refractivity contribution >= 4 is 20.9 Å². The quantitative estimate of drug-likeness (QED) is 0.658. The van der Waals surface area contributed by atoms with E-state index in [9.17, 15) is 8.42 Å². The Kier molecular flexibility index (Phi) is 3.81. The summed E-state index contributed by atoms with van der Waals surface area (Å²) in [5, 5.41) is -0.0879. The Labute approximate surface area is 146 Å². The standard InChI is InChI=1S/C17H19N5O2S/c1-21-15-6-4-3-5-14(15)19-16(21)11-22-8-7-13-12(10-22)9-18-17(20-13)25(2,23)24/h3-6,9H,7-8,10-11H2,1-2H3. The highest BCUT2D eigenvalue weighted by molar-refractivity contribution is 7.90. The zero-order chi connectivity index (χ0) is 17.6. The largest absolute Gasteiger partial charge is 0.330 e. The van der Waals surface area contributed by atoms with Crippen LogP contribution in [0.5, 0.6) is 0 Å². The van der Waals surface area contributed by atoms with E-state index < -0.39 is 9.84 Å². The lowest BCUT2D eigenvalue weighted by atomic mass is 10.1. The molecule has 0 saturated carbocycles. The maximum atomic E-state index is 11.6. The highest BCUT2D eigenvalue weighted by Gasteiger charge is 2.22. The molecule has 0 spiro atoms. The summed E-state index contributed by atoms with van der Waals surface area (Å²) in [4.78, 5) is 15.2. The molecular weight excluding hydrogens is 338 g/mol. The average Bonchev–Trinajstić information content (AvgIpc) is 2.90. The first kappa shape index (κ1) is 16.2. The lowest BCUT2D eigenvalue weighted by Crippen LogP contribution is -2.32. The van der Waals surface area contributed by atoms with Crippen LogP contribution in [0.2, 0.25) is 0 Å². The van der Waals surface area contributed by atoms with Crippen LogP contribution in [-0.2, 0) is 36.4 Å². The van der Waals surface area contributed by atoms with Crippen molar-refractivity contribution in [2.75, 3.05) is 12.8 Å². The second kappa shape index (κ2) is 5.89. The molecule has 4 rings (SSSR count). The third-order valence-electron chi connectivity index (χ3n) is 4.57. The molecule has 0 amide bonds. The van der Waals surface area contributed by atoms with Crippen molar-refractivity contribution < 1.29 is 8.42 Å². The summed E-state index contributed by atoms with van der Waals surface area (Å²) in [5.74, 6) is 1.01. The summed E-state index contributed by atoms with van der Waals surface area (Å²) >= 11 is 0. The lowest BCUT2D eigenvalue weighted by molar-refractivity contribution is 0.234. The molecule has 1 aliphatic heterocycles. The van der Waals surface area contributed by atoms with Crippen LogP contribution in [0.15, 0.2) is 35.6 Å². The molecule has 7 nitrogen and oxygen atoms in total. The van der Waals surface area contributed by atoms with Gasteiger partial charge in [0.25, 0.3) is 0 Å². The summed E-state index contributed by atoms with van der Waals surface area (Å²) in [5.41, 5.74) is 3.93. The average molecular weight is 357 g/mol. The van der Waals surface area contributed by atoms with Crippen molar-refractivity contribution in [2.45, 2.75) is 24.7 Å². The van der Waals surface area contributed by atoms with Gasteiger partial charge in [-0.05, 0) is 12.1 Å². The van der Waals surface area contributed by atoms with Crippen molar-refractivity contribution in [3.63, 3.8) is 0 Å². The zero-order valence-electron chi connectivity index (χ0n) is 14.2. The molecule has 0 N–H and O–H groups in total. The molecule has 1 aliphatic rings. The van der Waals surface area contributed by atoms with Crippen molar-refractivity contribution in [3.8, 4) is 0 Å². The molecule has 0 atom stereocenters. The molecule has 8 heteroatoms. The van der Waals surface area contributed by atoms with Crippen molar-refractivity contribution in [3.05, 3.63) is 47.5 Å². The summed E-state index contributed by atoms with van der Waals surface area (Å²) in [6, 6.07) is 8.09. The minimum atomic E-state index is -3.37. The molecule has 3 heterocycles. The van der Waals surface area contributed by atoms with E-state index in [1.807, 2.05) is 25.2 Å². The fourth-order valence-electron chi connectivity index (χ4n) is 3.21. The third kappa shape index (κ3) is 3.03. The summed E-state index contributed by atoms with van der Waals surface area (Å²) in [7, 11) is -1.34. The molecule has 0 bridgehead atoms. The molecule has 0 saturated heterocycles. The van der Waals surface area contributed by atoms with Gasteiger partial charge in [0.2, 0.25) is 15.0 Å². The molecule has 0 radical (unpaired) electrons. The lowest BCUT2D eigenvalue weighted by Gasteiger charge is -2.27. The number of fused-ring (bicyclic) bond motifs is 2. The Hall–Kier alpha value is -2.32. The monoisotopic (exact) mass is 357 g/mol. The summed E-state index contributed by atoms with van der Waals surface area (Å²) < 4.78 is 25.3. The van der Waals surface area contributed by atoms with E-state index in [1.54, 1.807) is 6.20 Å². The number of imidazole rings is 1. The van der Waals surface area contributed by atoms with Crippen LogP contribution < -0.4 is 0 Å². The second-order valence-corrected chi connectivity index (χ2v) is 8.34. The van der Waals surface area contributed by atoms with Gasteiger partial charge >= 0.3 is 0 Å². The van der Waals surface area contributed by atoms with Gasteiger partial charge in [0.05, 0.1) is 23.3 Å². The van der Waals surface area contributed by atoms with E-state index in [2.05, 4.69) is 25.5 Å². The molecule has 1 aromatic carbocycles. The van der Waals surface area contributed by atoms with E-state index in [0.29, 0.717) is 13.0 Å². The SMILES string of the molecule is Cn1c(CN2CCc3nc(S(C)(=O)=O)ncc3C2)nc2ccccc21. The number of rotatable bonds is 3. The van der Waals surface area contributed by atoms with Gasteiger partial charge in [-0.3, -0.25) is 4.90 Å². The highest BCUT2D eigenvalue weighted by atomic mass is 32.2. The van der Waals surface area contributed by atoms with Gasteiger partial charge in [-0.2, -0.15) is 0 Å². The van der Waals surface area contributed by atoms with E-state index in [4.69, 9.17) is 4.98 Å². The Morgan fingerprint density at radius 1 is 1.20 bits per heavy atom. The van der Waals surface area contributed by atoms with E-state index in [0.717, 1.165) is 47.5 Å². The molecule has 0 fully saturated rings. The van der Waals surface area contributed by atoms with Gasteiger partial charge in [0.1, 0.15) is 5.82 Å². The summed E-state index contributed by atoms with van der Waals surface area (Å²) in [6.45, 7) is 2.25. The maximum absolute atomic E-state index is 11.6. The number of benzene rings is 1.